The fraction of sp³-hybridized carbons (Fsp3) is 0.250. The quantitative estimate of drug-likeness (QED) is 0.836. The van der Waals surface area contributed by atoms with Crippen molar-refractivity contribution in [1.29, 1.82) is 0 Å². The number of nitrogens with one attached hydrogen (secondary N) is 1. The summed E-state index contributed by atoms with van der Waals surface area (Å²) in [6.45, 7) is 1.99. The van der Waals surface area contributed by atoms with E-state index in [0.29, 0.717) is 0 Å². The molecule has 2 atom stereocenters. The van der Waals surface area contributed by atoms with Gasteiger partial charge in [-0.2, -0.15) is 0 Å². The van der Waals surface area contributed by atoms with Crippen LogP contribution in [0.3, 0.4) is 0 Å². The summed E-state index contributed by atoms with van der Waals surface area (Å²) in [6, 6.07) is 7.81. The molecule has 0 saturated carbocycles. The highest BCUT2D eigenvalue weighted by Gasteiger charge is 2.19. The fourth-order valence-corrected chi connectivity index (χ4v) is 2.79. The van der Waals surface area contributed by atoms with Crippen molar-refractivity contribution in [2.45, 2.75) is 23.4 Å². The Labute approximate surface area is 110 Å². The topological polar surface area (TPSA) is 54.7 Å². The maximum atomic E-state index is 6.03. The number of benzene rings is 1. The number of halogens is 1. The van der Waals surface area contributed by atoms with Gasteiger partial charge in [-0.05, 0) is 24.6 Å². The van der Waals surface area contributed by atoms with Gasteiger partial charge < -0.3 is 10.7 Å². The van der Waals surface area contributed by atoms with Gasteiger partial charge in [0.25, 0.3) is 0 Å². The van der Waals surface area contributed by atoms with Crippen LogP contribution in [0.25, 0.3) is 0 Å². The van der Waals surface area contributed by atoms with E-state index >= 15 is 0 Å². The molecule has 2 unspecified atom stereocenters. The minimum atomic E-state index is 0.0172. The largest absolute Gasteiger partial charge is 0.340 e. The van der Waals surface area contributed by atoms with Gasteiger partial charge in [-0.3, -0.25) is 0 Å². The van der Waals surface area contributed by atoms with Crippen LogP contribution in [0.1, 0.15) is 17.7 Å². The van der Waals surface area contributed by atoms with Crippen LogP contribution >= 0.6 is 23.4 Å². The summed E-state index contributed by atoms with van der Waals surface area (Å²) in [5, 5.41) is 1.74. The molecule has 0 aliphatic rings. The number of thioether (sulfide) groups is 1. The highest BCUT2D eigenvalue weighted by atomic mass is 35.5. The molecule has 1 aromatic carbocycles. The third kappa shape index (κ3) is 3.25. The first-order valence-electron chi connectivity index (χ1n) is 5.34. The number of H-pyrrole nitrogens is 1. The van der Waals surface area contributed by atoms with E-state index in [4.69, 9.17) is 17.3 Å². The third-order valence-corrected chi connectivity index (χ3v) is 4.00. The molecule has 5 heteroatoms. The molecule has 1 aromatic heterocycles. The molecule has 0 aliphatic carbocycles. The molecule has 0 bridgehead atoms. The Hall–Kier alpha value is -0.970. The number of nitrogens with two attached hydrogens (primary N) is 1. The average molecular weight is 268 g/mol. The highest BCUT2D eigenvalue weighted by molar-refractivity contribution is 7.99. The maximum Gasteiger partial charge on any atom is 0.165 e. The number of nitrogens with zero attached hydrogens (tertiary/aromatic N) is 1. The molecule has 0 saturated heterocycles. The van der Waals surface area contributed by atoms with Crippen LogP contribution in [0.15, 0.2) is 41.8 Å². The van der Waals surface area contributed by atoms with E-state index in [2.05, 4.69) is 9.97 Å². The van der Waals surface area contributed by atoms with Gasteiger partial charge in [0, 0.05) is 23.5 Å². The van der Waals surface area contributed by atoms with Crippen molar-refractivity contribution in [1.82, 2.24) is 9.97 Å². The van der Waals surface area contributed by atoms with E-state index in [1.165, 1.54) is 0 Å². The van der Waals surface area contributed by atoms with Crippen molar-refractivity contribution in [3.05, 3.63) is 47.2 Å². The number of aromatic amines is 1. The number of aromatic nitrogens is 2. The monoisotopic (exact) mass is 267 g/mol. The molecule has 0 aliphatic heterocycles. The highest BCUT2D eigenvalue weighted by Crippen LogP contribution is 2.36. The Morgan fingerprint density at radius 3 is 2.88 bits per heavy atom. The van der Waals surface area contributed by atoms with Gasteiger partial charge in [0.2, 0.25) is 0 Å². The number of rotatable bonds is 4. The van der Waals surface area contributed by atoms with E-state index in [1.54, 1.807) is 24.2 Å². The molecular weight excluding hydrogens is 254 g/mol. The van der Waals surface area contributed by atoms with Crippen molar-refractivity contribution >= 4 is 23.4 Å². The summed E-state index contributed by atoms with van der Waals surface area (Å²) in [5.74, 6) is 0. The van der Waals surface area contributed by atoms with Crippen molar-refractivity contribution in [2.75, 3.05) is 0 Å². The summed E-state index contributed by atoms with van der Waals surface area (Å²) in [6.07, 6.45) is 3.54. The van der Waals surface area contributed by atoms with Crippen molar-refractivity contribution in [3.8, 4) is 0 Å². The standard InChI is InChI=1S/C12H14ClN3S/c1-8(14)11(17-12-15-5-6-16-12)9-3-2-4-10(13)7-9/h2-8,11H,14H2,1H3,(H,15,16). The second kappa shape index (κ2) is 5.58. The predicted molar refractivity (Wildman–Crippen MR) is 72.3 cm³/mol. The summed E-state index contributed by atoms with van der Waals surface area (Å²) in [5.41, 5.74) is 7.15. The molecule has 17 heavy (non-hydrogen) atoms. The normalized spacial score (nSPS) is 14.5. The summed E-state index contributed by atoms with van der Waals surface area (Å²) in [7, 11) is 0. The molecule has 2 aromatic rings. The Morgan fingerprint density at radius 1 is 1.47 bits per heavy atom. The molecule has 1 heterocycles. The first kappa shape index (κ1) is 12.5. The first-order chi connectivity index (χ1) is 8.16. The maximum absolute atomic E-state index is 6.03. The SMILES string of the molecule is CC(N)C(Sc1ncc[nH]1)c1cccc(Cl)c1. The van der Waals surface area contributed by atoms with Crippen molar-refractivity contribution in [2.24, 2.45) is 5.73 Å². The predicted octanol–water partition coefficient (Wildman–Crippen LogP) is 3.24. The number of imidazole rings is 1. The van der Waals surface area contributed by atoms with E-state index in [9.17, 15) is 0 Å². The van der Waals surface area contributed by atoms with Crippen molar-refractivity contribution in [3.63, 3.8) is 0 Å². The molecule has 0 radical (unpaired) electrons. The number of hydrogen-bond donors (Lipinski definition) is 2. The van der Waals surface area contributed by atoms with Crippen LogP contribution in [0, 0.1) is 0 Å². The van der Waals surface area contributed by atoms with Crippen LogP contribution in [0.5, 0.6) is 0 Å². The Kier molecular flexibility index (Phi) is 4.10. The molecule has 0 fully saturated rings. The smallest absolute Gasteiger partial charge is 0.165 e. The average Bonchev–Trinajstić information content (AvgIpc) is 2.78. The molecule has 90 valence electrons. The van der Waals surface area contributed by atoms with Gasteiger partial charge in [0.15, 0.2) is 5.16 Å². The van der Waals surface area contributed by atoms with Crippen molar-refractivity contribution < 1.29 is 0 Å². The molecule has 3 N–H and O–H groups in total. The fourth-order valence-electron chi connectivity index (χ4n) is 1.60. The Balaban J connectivity index is 2.23. The molecular formula is C12H14ClN3S. The van der Waals surface area contributed by atoms with Gasteiger partial charge in [-0.25, -0.2) is 4.98 Å². The summed E-state index contributed by atoms with van der Waals surface area (Å²) >= 11 is 7.62. The molecule has 0 spiro atoms. The lowest BCUT2D eigenvalue weighted by atomic mass is 10.1. The molecule has 2 rings (SSSR count). The van der Waals surface area contributed by atoms with Crippen LogP contribution in [-0.2, 0) is 0 Å². The minimum absolute atomic E-state index is 0.0172. The lowest BCUT2D eigenvalue weighted by Crippen LogP contribution is -2.22. The number of hydrogen-bond acceptors (Lipinski definition) is 3. The minimum Gasteiger partial charge on any atom is -0.340 e. The van der Waals surface area contributed by atoms with E-state index < -0.39 is 0 Å². The van der Waals surface area contributed by atoms with Gasteiger partial charge in [-0.15, -0.1) is 0 Å². The lowest BCUT2D eigenvalue weighted by molar-refractivity contribution is 0.719. The third-order valence-electron chi connectivity index (χ3n) is 2.37. The van der Waals surface area contributed by atoms with E-state index in [0.717, 1.165) is 15.7 Å². The van der Waals surface area contributed by atoms with Gasteiger partial charge >= 0.3 is 0 Å². The van der Waals surface area contributed by atoms with Crippen LogP contribution in [0.2, 0.25) is 5.02 Å². The van der Waals surface area contributed by atoms with Crippen LogP contribution < -0.4 is 5.73 Å². The Bertz CT molecular complexity index is 470. The second-order valence-corrected chi connectivity index (χ2v) is 5.41. The van der Waals surface area contributed by atoms with Gasteiger partial charge in [0.05, 0.1) is 5.25 Å². The van der Waals surface area contributed by atoms with Gasteiger partial charge in [-0.1, -0.05) is 35.5 Å². The van der Waals surface area contributed by atoms with E-state index in [-0.39, 0.29) is 11.3 Å². The summed E-state index contributed by atoms with van der Waals surface area (Å²) in [4.78, 5) is 7.28. The van der Waals surface area contributed by atoms with Crippen LogP contribution in [-0.4, -0.2) is 16.0 Å². The van der Waals surface area contributed by atoms with Crippen LogP contribution in [0.4, 0.5) is 0 Å². The molecule has 3 nitrogen and oxygen atoms in total. The zero-order valence-corrected chi connectivity index (χ0v) is 11.0. The molecule has 0 amide bonds. The lowest BCUT2D eigenvalue weighted by Gasteiger charge is -2.19. The van der Waals surface area contributed by atoms with Gasteiger partial charge in [0.1, 0.15) is 0 Å². The zero-order chi connectivity index (χ0) is 12.3. The summed E-state index contributed by atoms with van der Waals surface area (Å²) < 4.78 is 0. The second-order valence-electron chi connectivity index (χ2n) is 3.85. The van der Waals surface area contributed by atoms with E-state index in [1.807, 2.05) is 31.2 Å². The first-order valence-corrected chi connectivity index (χ1v) is 6.59. The zero-order valence-electron chi connectivity index (χ0n) is 9.43. The Morgan fingerprint density at radius 2 is 2.29 bits per heavy atom.